The molecule has 8 nitrogen and oxygen atoms in total. The van der Waals surface area contributed by atoms with Crippen molar-refractivity contribution in [2.45, 2.75) is 13.2 Å². The van der Waals surface area contributed by atoms with Gasteiger partial charge in [-0.3, -0.25) is 4.68 Å². The largest absolute Gasteiger partial charge is 0.493 e. The number of hydrogen-bond acceptors (Lipinski definition) is 5. The van der Waals surface area contributed by atoms with Crippen LogP contribution in [0, 0.1) is 0 Å². The van der Waals surface area contributed by atoms with Crippen LogP contribution in [0.1, 0.15) is 0 Å². The van der Waals surface area contributed by atoms with Crippen LogP contribution < -0.4 is 20.1 Å². The zero-order valence-electron chi connectivity index (χ0n) is 13.7. The Labute approximate surface area is 142 Å². The van der Waals surface area contributed by atoms with E-state index >= 15 is 0 Å². The second-order valence-corrected chi connectivity index (χ2v) is 4.81. The number of amides is 2. The minimum atomic E-state index is -3.00. The molecule has 2 N–H and O–H groups in total. The van der Waals surface area contributed by atoms with Crippen molar-refractivity contribution in [3.63, 3.8) is 0 Å². The van der Waals surface area contributed by atoms with Crippen LogP contribution in [0.15, 0.2) is 30.6 Å². The number of alkyl halides is 2. The summed E-state index contributed by atoms with van der Waals surface area (Å²) in [6.45, 7) is -1.96. The Balaban J connectivity index is 1.98. The number of aromatic nitrogens is 2. The summed E-state index contributed by atoms with van der Waals surface area (Å²) in [7, 11) is 2.91. The Bertz CT molecular complexity index is 709. The molecule has 0 aliphatic carbocycles. The molecule has 0 aliphatic heterocycles. The van der Waals surface area contributed by atoms with E-state index in [0.717, 1.165) is 0 Å². The summed E-state index contributed by atoms with van der Waals surface area (Å²) in [4.78, 5) is 12.0. The Morgan fingerprint density at radius 3 is 2.68 bits per heavy atom. The lowest BCUT2D eigenvalue weighted by Gasteiger charge is -2.12. The molecule has 0 spiro atoms. The summed E-state index contributed by atoms with van der Waals surface area (Å²) >= 11 is 0. The number of carbonyl (C=O) groups excluding carboxylic acids is 1. The van der Waals surface area contributed by atoms with Gasteiger partial charge in [0.2, 0.25) is 0 Å². The number of hydrogen-bond donors (Lipinski definition) is 2. The fourth-order valence-electron chi connectivity index (χ4n) is 1.97. The highest BCUT2D eigenvalue weighted by Gasteiger charge is 2.13. The number of nitrogens with zero attached hydrogens (tertiary/aromatic N) is 2. The van der Waals surface area contributed by atoms with Gasteiger partial charge < -0.3 is 24.8 Å². The van der Waals surface area contributed by atoms with Crippen molar-refractivity contribution in [1.29, 1.82) is 0 Å². The van der Waals surface area contributed by atoms with E-state index in [2.05, 4.69) is 20.5 Å². The monoisotopic (exact) mass is 356 g/mol. The van der Waals surface area contributed by atoms with Gasteiger partial charge in [0.1, 0.15) is 0 Å². The average Bonchev–Trinajstić information content (AvgIpc) is 3.00. The molecule has 0 radical (unpaired) electrons. The van der Waals surface area contributed by atoms with E-state index in [1.807, 2.05) is 0 Å². The molecule has 1 aromatic heterocycles. The normalized spacial score (nSPS) is 10.6. The Hall–Kier alpha value is -2.88. The van der Waals surface area contributed by atoms with Gasteiger partial charge in [0.05, 0.1) is 32.1 Å². The van der Waals surface area contributed by atoms with Gasteiger partial charge in [-0.05, 0) is 12.1 Å². The molecule has 0 saturated heterocycles. The molecule has 136 valence electrons. The number of nitrogens with one attached hydrogen (secondary N) is 2. The van der Waals surface area contributed by atoms with E-state index in [1.54, 1.807) is 18.0 Å². The Kier molecular flexibility index (Phi) is 6.52. The first-order valence-corrected chi connectivity index (χ1v) is 7.24. The smallest absolute Gasteiger partial charge is 0.387 e. The van der Waals surface area contributed by atoms with Crippen molar-refractivity contribution in [3.05, 3.63) is 30.6 Å². The van der Waals surface area contributed by atoms with E-state index in [9.17, 15) is 13.6 Å². The molecule has 2 rings (SSSR count). The number of carbonyl (C=O) groups is 1. The molecule has 2 aromatic rings. The first-order chi connectivity index (χ1) is 12.0. The molecule has 1 aromatic carbocycles. The van der Waals surface area contributed by atoms with Crippen molar-refractivity contribution < 1.29 is 27.8 Å². The van der Waals surface area contributed by atoms with Crippen molar-refractivity contribution >= 4 is 17.4 Å². The number of rotatable bonds is 8. The van der Waals surface area contributed by atoms with Gasteiger partial charge in [-0.2, -0.15) is 13.9 Å². The van der Waals surface area contributed by atoms with Crippen LogP contribution in [0.4, 0.5) is 25.0 Å². The summed E-state index contributed by atoms with van der Waals surface area (Å²) in [6.07, 6.45) is 3.12. The van der Waals surface area contributed by atoms with Gasteiger partial charge >= 0.3 is 12.6 Å². The number of methoxy groups -OCH3 is 2. The van der Waals surface area contributed by atoms with Gasteiger partial charge in [-0.1, -0.05) is 0 Å². The maximum absolute atomic E-state index is 12.4. The number of halogens is 2. The second kappa shape index (κ2) is 8.83. The zero-order chi connectivity index (χ0) is 18.2. The summed E-state index contributed by atoms with van der Waals surface area (Å²) in [5.41, 5.74) is 0.742. The SMILES string of the molecule is COCCn1cc(NC(=O)Nc2ccc(OC)c(OC(F)F)c2)cn1. The zero-order valence-corrected chi connectivity index (χ0v) is 13.7. The third-order valence-electron chi connectivity index (χ3n) is 3.05. The summed E-state index contributed by atoms with van der Waals surface area (Å²) in [5, 5.41) is 9.15. The van der Waals surface area contributed by atoms with Crippen molar-refractivity contribution in [3.8, 4) is 11.5 Å². The molecular weight excluding hydrogens is 338 g/mol. The lowest BCUT2D eigenvalue weighted by atomic mass is 10.3. The van der Waals surface area contributed by atoms with Crippen LogP contribution in [0.2, 0.25) is 0 Å². The average molecular weight is 356 g/mol. The van der Waals surface area contributed by atoms with Gasteiger partial charge in [0, 0.05) is 25.1 Å². The van der Waals surface area contributed by atoms with E-state index in [0.29, 0.717) is 18.8 Å². The fraction of sp³-hybridized carbons (Fsp3) is 0.333. The van der Waals surface area contributed by atoms with Crippen LogP contribution in [-0.4, -0.2) is 43.2 Å². The summed E-state index contributed by atoms with van der Waals surface area (Å²) < 4.78 is 40.7. The van der Waals surface area contributed by atoms with E-state index in [4.69, 9.17) is 9.47 Å². The lowest BCUT2D eigenvalue weighted by Crippen LogP contribution is -2.19. The topological polar surface area (TPSA) is 86.6 Å². The number of anilines is 2. The molecule has 0 atom stereocenters. The maximum atomic E-state index is 12.4. The van der Waals surface area contributed by atoms with Gasteiger partial charge in [0.15, 0.2) is 11.5 Å². The predicted octanol–water partition coefficient (Wildman–Crippen LogP) is 2.78. The van der Waals surface area contributed by atoms with Crippen LogP contribution in [0.25, 0.3) is 0 Å². The molecule has 0 bridgehead atoms. The first-order valence-electron chi connectivity index (χ1n) is 7.24. The van der Waals surface area contributed by atoms with Gasteiger partial charge in [0.25, 0.3) is 0 Å². The van der Waals surface area contributed by atoms with Crippen molar-refractivity contribution in [2.24, 2.45) is 0 Å². The summed E-state index contributed by atoms with van der Waals surface area (Å²) in [5.74, 6) is -0.0478. The third kappa shape index (κ3) is 5.60. The van der Waals surface area contributed by atoms with Crippen molar-refractivity contribution in [2.75, 3.05) is 31.5 Å². The van der Waals surface area contributed by atoms with Gasteiger partial charge in [-0.15, -0.1) is 0 Å². The van der Waals surface area contributed by atoms with E-state index < -0.39 is 12.6 Å². The minimum Gasteiger partial charge on any atom is -0.493 e. The molecule has 25 heavy (non-hydrogen) atoms. The van der Waals surface area contributed by atoms with E-state index in [1.165, 1.54) is 31.5 Å². The molecule has 1 heterocycles. The lowest BCUT2D eigenvalue weighted by molar-refractivity contribution is -0.0511. The van der Waals surface area contributed by atoms with E-state index in [-0.39, 0.29) is 17.2 Å². The van der Waals surface area contributed by atoms with Crippen molar-refractivity contribution in [1.82, 2.24) is 9.78 Å². The number of urea groups is 1. The summed E-state index contributed by atoms with van der Waals surface area (Å²) in [6, 6.07) is 3.60. The predicted molar refractivity (Wildman–Crippen MR) is 86.4 cm³/mol. The highest BCUT2D eigenvalue weighted by atomic mass is 19.3. The molecule has 2 amide bonds. The third-order valence-corrected chi connectivity index (χ3v) is 3.05. The molecule has 0 aliphatic rings. The molecule has 0 saturated carbocycles. The van der Waals surface area contributed by atoms with Crippen LogP contribution in [-0.2, 0) is 11.3 Å². The number of ether oxygens (including phenoxy) is 3. The standard InChI is InChI=1S/C15H18F2N4O4/c1-23-6-5-21-9-11(8-18-21)20-15(22)19-10-3-4-12(24-2)13(7-10)25-14(16)17/h3-4,7-9,14H,5-6H2,1-2H3,(H2,19,20,22). The van der Waals surface area contributed by atoms with Crippen LogP contribution in [0.5, 0.6) is 11.5 Å². The molecule has 0 fully saturated rings. The second-order valence-electron chi connectivity index (χ2n) is 4.81. The molecule has 0 unspecified atom stereocenters. The minimum absolute atomic E-state index is 0.130. The Morgan fingerprint density at radius 2 is 2.00 bits per heavy atom. The first kappa shape index (κ1) is 18.5. The van der Waals surface area contributed by atoms with Crippen LogP contribution >= 0.6 is 0 Å². The molecular formula is C15H18F2N4O4. The fourth-order valence-corrected chi connectivity index (χ4v) is 1.97. The molecule has 10 heteroatoms. The quantitative estimate of drug-likeness (QED) is 0.760. The van der Waals surface area contributed by atoms with Gasteiger partial charge in [-0.25, -0.2) is 4.79 Å². The number of benzene rings is 1. The maximum Gasteiger partial charge on any atom is 0.387 e. The highest BCUT2D eigenvalue weighted by Crippen LogP contribution is 2.31. The Morgan fingerprint density at radius 1 is 1.24 bits per heavy atom. The highest BCUT2D eigenvalue weighted by molar-refractivity contribution is 5.99. The van der Waals surface area contributed by atoms with Crippen LogP contribution in [0.3, 0.4) is 0 Å².